The first-order valence-corrected chi connectivity index (χ1v) is 12.0. The van der Waals surface area contributed by atoms with Crippen LogP contribution in [0.25, 0.3) is 0 Å². The Balaban J connectivity index is 1.55. The minimum atomic E-state index is -0.656. The zero-order valence-corrected chi connectivity index (χ0v) is 19.9. The molecule has 3 aromatic rings. The molecule has 3 heterocycles. The molecule has 0 bridgehead atoms. The minimum Gasteiger partial charge on any atom is -0.451 e. The Labute approximate surface area is 207 Å². The van der Waals surface area contributed by atoms with Gasteiger partial charge in [0.05, 0.1) is 6.54 Å². The summed E-state index contributed by atoms with van der Waals surface area (Å²) in [5.74, 6) is -1.03. The van der Waals surface area contributed by atoms with E-state index in [1.807, 2.05) is 13.1 Å². The summed E-state index contributed by atoms with van der Waals surface area (Å²) in [6.45, 7) is 1.96. The Morgan fingerprint density at radius 3 is 2.53 bits per heavy atom. The van der Waals surface area contributed by atoms with Crippen LogP contribution >= 0.6 is 0 Å². The average molecular weight is 491 g/mol. The highest BCUT2D eigenvalue weighted by Crippen LogP contribution is 2.30. The summed E-state index contributed by atoms with van der Waals surface area (Å²) < 4.78 is 20.8. The number of nitrogens with zero attached hydrogens (tertiary/aromatic N) is 3. The van der Waals surface area contributed by atoms with E-state index in [2.05, 4.69) is 10.2 Å². The number of aromatic nitrogens is 1. The lowest BCUT2D eigenvalue weighted by Gasteiger charge is -2.40. The van der Waals surface area contributed by atoms with Crippen LogP contribution in [0.5, 0.6) is 11.5 Å². The van der Waals surface area contributed by atoms with Crippen molar-refractivity contribution in [2.24, 2.45) is 0 Å². The van der Waals surface area contributed by atoms with Crippen molar-refractivity contribution in [3.63, 3.8) is 0 Å². The van der Waals surface area contributed by atoms with Crippen molar-refractivity contribution in [2.75, 3.05) is 20.1 Å². The molecule has 1 N–H and O–H groups in total. The number of benzene rings is 2. The lowest BCUT2D eigenvalue weighted by molar-refractivity contribution is 0.0305. The Hall–Kier alpha value is -3.98. The van der Waals surface area contributed by atoms with Gasteiger partial charge in [-0.25, -0.2) is 4.39 Å². The predicted molar refractivity (Wildman–Crippen MR) is 131 cm³/mol. The maximum atomic E-state index is 13.7. The molecule has 2 aliphatic rings. The van der Waals surface area contributed by atoms with Crippen LogP contribution < -0.4 is 15.5 Å². The fourth-order valence-electron chi connectivity index (χ4n) is 4.71. The highest BCUT2D eigenvalue weighted by Gasteiger charge is 2.39. The molecule has 0 radical (unpaired) electrons. The number of para-hydroxylation sites is 1. The molecule has 36 heavy (non-hydrogen) atoms. The van der Waals surface area contributed by atoms with Gasteiger partial charge in [0.15, 0.2) is 5.69 Å². The topological polar surface area (TPSA) is 83.9 Å². The first-order valence-electron chi connectivity index (χ1n) is 12.0. The third kappa shape index (κ3) is 4.61. The molecule has 1 unspecified atom stereocenters. The van der Waals surface area contributed by atoms with Crippen LogP contribution in [0, 0.1) is 5.82 Å². The SMILES string of the molecule is CN1CCCCN2C(=O)c3c(Oc4ccccc4)c(=O)c(C(=O)NCc4ccc(F)cc4)cn3CC12. The molecule has 0 aliphatic carbocycles. The molecule has 1 fully saturated rings. The number of halogens is 1. The van der Waals surface area contributed by atoms with Gasteiger partial charge in [-0.3, -0.25) is 19.3 Å². The molecule has 1 aromatic heterocycles. The highest BCUT2D eigenvalue weighted by molar-refractivity contribution is 5.99. The normalized spacial score (nSPS) is 17.7. The number of hydrogen-bond acceptors (Lipinski definition) is 5. The highest BCUT2D eigenvalue weighted by atomic mass is 19.1. The maximum Gasteiger partial charge on any atom is 0.275 e. The van der Waals surface area contributed by atoms with E-state index >= 15 is 0 Å². The summed E-state index contributed by atoms with van der Waals surface area (Å²) in [5, 5.41) is 2.72. The van der Waals surface area contributed by atoms with Gasteiger partial charge in [-0.1, -0.05) is 30.3 Å². The standard InChI is InChI=1S/C27H27FN4O4/c1-30-13-5-6-14-32-22(30)17-31-16-21(26(34)29-15-18-9-11-19(28)12-10-18)24(33)25(23(31)27(32)35)36-20-7-3-2-4-8-20/h2-4,7-12,16,22H,5-6,13-15,17H2,1H3,(H,29,34). The summed E-state index contributed by atoms with van der Waals surface area (Å²) >= 11 is 0. The average Bonchev–Trinajstić information content (AvgIpc) is 3.07. The van der Waals surface area contributed by atoms with Gasteiger partial charge in [0.25, 0.3) is 11.8 Å². The lowest BCUT2D eigenvalue weighted by Crippen LogP contribution is -2.55. The largest absolute Gasteiger partial charge is 0.451 e. The van der Waals surface area contributed by atoms with Crippen molar-refractivity contribution >= 4 is 11.8 Å². The molecule has 2 aromatic carbocycles. The summed E-state index contributed by atoms with van der Waals surface area (Å²) in [4.78, 5) is 44.2. The van der Waals surface area contributed by atoms with Gasteiger partial charge >= 0.3 is 0 Å². The molecular formula is C27H27FN4O4. The molecule has 2 amide bonds. The minimum absolute atomic E-state index is 0.118. The number of hydrogen-bond donors (Lipinski definition) is 1. The van der Waals surface area contributed by atoms with E-state index in [4.69, 9.17) is 4.74 Å². The number of amides is 2. The van der Waals surface area contributed by atoms with E-state index in [1.54, 1.807) is 45.9 Å². The summed E-state index contributed by atoms with van der Waals surface area (Å²) in [7, 11) is 1.97. The smallest absolute Gasteiger partial charge is 0.275 e. The molecule has 8 nitrogen and oxygen atoms in total. The number of rotatable bonds is 5. The maximum absolute atomic E-state index is 13.7. The van der Waals surface area contributed by atoms with E-state index in [9.17, 15) is 18.8 Å². The van der Waals surface area contributed by atoms with Gasteiger partial charge < -0.3 is 19.5 Å². The van der Waals surface area contributed by atoms with Crippen molar-refractivity contribution in [1.29, 1.82) is 0 Å². The molecule has 1 saturated heterocycles. The molecule has 9 heteroatoms. The van der Waals surface area contributed by atoms with Crippen molar-refractivity contribution in [1.82, 2.24) is 19.7 Å². The van der Waals surface area contributed by atoms with Gasteiger partial charge in [-0.15, -0.1) is 0 Å². The second kappa shape index (κ2) is 9.94. The third-order valence-corrected chi connectivity index (χ3v) is 6.66. The number of ether oxygens (including phenoxy) is 1. The predicted octanol–water partition coefficient (Wildman–Crippen LogP) is 3.22. The third-order valence-electron chi connectivity index (χ3n) is 6.66. The van der Waals surface area contributed by atoms with Crippen LogP contribution in [0.4, 0.5) is 4.39 Å². The molecule has 0 spiro atoms. The van der Waals surface area contributed by atoms with E-state index in [0.29, 0.717) is 24.4 Å². The summed E-state index contributed by atoms with van der Waals surface area (Å²) in [6.07, 6.45) is 3.10. The number of carbonyl (C=O) groups is 2. The molecule has 0 saturated carbocycles. The van der Waals surface area contributed by atoms with Crippen LogP contribution in [0.3, 0.4) is 0 Å². The fraction of sp³-hybridized carbons (Fsp3) is 0.296. The Morgan fingerprint density at radius 2 is 1.78 bits per heavy atom. The van der Waals surface area contributed by atoms with E-state index in [0.717, 1.165) is 19.4 Å². The quantitative estimate of drug-likeness (QED) is 0.594. The summed E-state index contributed by atoms with van der Waals surface area (Å²) in [5.41, 5.74) is 0.0564. The Kier molecular flexibility index (Phi) is 6.56. The zero-order valence-electron chi connectivity index (χ0n) is 19.9. The first-order chi connectivity index (χ1) is 17.4. The Bertz CT molecular complexity index is 1340. The van der Waals surface area contributed by atoms with Gasteiger partial charge in [0, 0.05) is 19.3 Å². The zero-order chi connectivity index (χ0) is 25.2. The Morgan fingerprint density at radius 1 is 1.06 bits per heavy atom. The number of likely N-dealkylation sites (N-methyl/N-ethyl adjacent to an activating group) is 1. The lowest BCUT2D eigenvalue weighted by atomic mass is 10.1. The van der Waals surface area contributed by atoms with Gasteiger partial charge in [0.1, 0.15) is 23.3 Å². The molecule has 2 aliphatic heterocycles. The van der Waals surface area contributed by atoms with Crippen LogP contribution in [-0.2, 0) is 13.1 Å². The van der Waals surface area contributed by atoms with Crippen molar-refractivity contribution in [2.45, 2.75) is 32.1 Å². The molecule has 186 valence electrons. The van der Waals surface area contributed by atoms with Crippen molar-refractivity contribution in [3.05, 3.63) is 93.7 Å². The number of fused-ring (bicyclic) bond motifs is 2. The van der Waals surface area contributed by atoms with E-state index < -0.39 is 11.3 Å². The molecule has 1 atom stereocenters. The summed E-state index contributed by atoms with van der Waals surface area (Å²) in [6, 6.07) is 14.5. The first kappa shape index (κ1) is 23.7. The van der Waals surface area contributed by atoms with Crippen LogP contribution in [0.1, 0.15) is 39.3 Å². The number of nitrogens with one attached hydrogen (secondary N) is 1. The second-order valence-electron chi connectivity index (χ2n) is 9.09. The second-order valence-corrected chi connectivity index (χ2v) is 9.09. The monoisotopic (exact) mass is 490 g/mol. The van der Waals surface area contributed by atoms with Gasteiger partial charge in [-0.05, 0) is 56.3 Å². The van der Waals surface area contributed by atoms with Gasteiger partial charge in [-0.2, -0.15) is 0 Å². The molecular weight excluding hydrogens is 463 g/mol. The number of carbonyl (C=O) groups excluding carboxylic acids is 2. The van der Waals surface area contributed by atoms with Crippen molar-refractivity contribution < 1.29 is 18.7 Å². The van der Waals surface area contributed by atoms with Crippen LogP contribution in [0.2, 0.25) is 0 Å². The van der Waals surface area contributed by atoms with Gasteiger partial charge in [0.2, 0.25) is 11.2 Å². The number of pyridine rings is 1. The van der Waals surface area contributed by atoms with Crippen LogP contribution in [0.15, 0.2) is 65.6 Å². The molecule has 5 rings (SSSR count). The van der Waals surface area contributed by atoms with Crippen LogP contribution in [-0.4, -0.2) is 52.5 Å². The van der Waals surface area contributed by atoms with E-state index in [-0.39, 0.29) is 41.4 Å². The van der Waals surface area contributed by atoms with Crippen molar-refractivity contribution in [3.8, 4) is 11.5 Å². The van der Waals surface area contributed by atoms with E-state index in [1.165, 1.54) is 18.3 Å². The fourth-order valence-corrected chi connectivity index (χ4v) is 4.71.